The van der Waals surface area contributed by atoms with Gasteiger partial charge in [-0.15, -0.1) is 0 Å². The fourth-order valence-corrected chi connectivity index (χ4v) is 1.31. The van der Waals surface area contributed by atoms with Gasteiger partial charge in [0.1, 0.15) is 12.4 Å². The molecule has 1 rings (SSSR count). The van der Waals surface area contributed by atoms with Crippen LogP contribution in [0.25, 0.3) is 0 Å². The second kappa shape index (κ2) is 4.69. The number of aliphatic hydroxyl groups is 1. The molecule has 0 spiro atoms. The van der Waals surface area contributed by atoms with Crippen molar-refractivity contribution >= 4 is 5.69 Å². The van der Waals surface area contributed by atoms with Crippen molar-refractivity contribution in [2.75, 3.05) is 18.5 Å². The molecule has 0 fully saturated rings. The maximum Gasteiger partial charge on any atom is 0.405 e. The average Bonchev–Trinajstić information content (AvgIpc) is 2.14. The first-order chi connectivity index (χ1) is 7.33. The van der Waals surface area contributed by atoms with Gasteiger partial charge >= 0.3 is 6.18 Å². The summed E-state index contributed by atoms with van der Waals surface area (Å²) in [5, 5.41) is 8.72. The Bertz CT molecular complexity index is 364. The first-order valence-corrected chi connectivity index (χ1v) is 4.50. The lowest BCUT2D eigenvalue weighted by Crippen LogP contribution is -2.31. The van der Waals surface area contributed by atoms with Crippen molar-refractivity contribution in [2.24, 2.45) is 0 Å². The highest BCUT2D eigenvalue weighted by atomic mass is 19.4. The van der Waals surface area contributed by atoms with Crippen molar-refractivity contribution in [2.45, 2.75) is 12.8 Å². The summed E-state index contributed by atoms with van der Waals surface area (Å²) >= 11 is 0. The Morgan fingerprint density at radius 1 is 1.31 bits per heavy atom. The van der Waals surface area contributed by atoms with E-state index in [-0.39, 0.29) is 12.3 Å². The van der Waals surface area contributed by atoms with Crippen molar-refractivity contribution in [1.29, 1.82) is 0 Å². The van der Waals surface area contributed by atoms with E-state index in [1.807, 2.05) is 0 Å². The van der Waals surface area contributed by atoms with Crippen LogP contribution in [0.5, 0.6) is 0 Å². The summed E-state index contributed by atoms with van der Waals surface area (Å²) in [5.74, 6) is -0.779. The largest absolute Gasteiger partial charge is 0.405 e. The standard InChI is InChI=1S/C10H11F4NO/c1-15(6-10(12,13)14)9-3-2-7(5-16)4-8(9)11/h2-4,16H,5-6H2,1H3. The Hall–Kier alpha value is -1.30. The molecule has 2 nitrogen and oxygen atoms in total. The van der Waals surface area contributed by atoms with Gasteiger partial charge in [0.2, 0.25) is 0 Å². The average molecular weight is 237 g/mol. The maximum absolute atomic E-state index is 13.3. The minimum Gasteiger partial charge on any atom is -0.392 e. The summed E-state index contributed by atoms with van der Waals surface area (Å²) in [5.41, 5.74) is 0.177. The van der Waals surface area contributed by atoms with Gasteiger partial charge in [-0.1, -0.05) is 6.07 Å². The Morgan fingerprint density at radius 3 is 2.38 bits per heavy atom. The third-order valence-corrected chi connectivity index (χ3v) is 2.02. The zero-order valence-corrected chi connectivity index (χ0v) is 8.55. The van der Waals surface area contributed by atoms with Gasteiger partial charge in [0, 0.05) is 7.05 Å². The van der Waals surface area contributed by atoms with E-state index < -0.39 is 18.5 Å². The van der Waals surface area contributed by atoms with Crippen LogP contribution in [-0.2, 0) is 6.61 Å². The molecule has 0 saturated carbocycles. The van der Waals surface area contributed by atoms with Gasteiger partial charge in [0.25, 0.3) is 0 Å². The zero-order chi connectivity index (χ0) is 12.3. The molecule has 6 heteroatoms. The van der Waals surface area contributed by atoms with E-state index in [0.717, 1.165) is 18.0 Å². The lowest BCUT2D eigenvalue weighted by Gasteiger charge is -2.21. The predicted molar refractivity (Wildman–Crippen MR) is 51.6 cm³/mol. The van der Waals surface area contributed by atoms with E-state index in [4.69, 9.17) is 5.11 Å². The first-order valence-electron chi connectivity index (χ1n) is 4.50. The SMILES string of the molecule is CN(CC(F)(F)F)c1ccc(CO)cc1F. The van der Waals surface area contributed by atoms with Crippen molar-refractivity contribution < 1.29 is 22.7 Å². The topological polar surface area (TPSA) is 23.5 Å². The summed E-state index contributed by atoms with van der Waals surface area (Å²) < 4.78 is 49.5. The van der Waals surface area contributed by atoms with Crippen molar-refractivity contribution in [3.8, 4) is 0 Å². The van der Waals surface area contributed by atoms with E-state index in [1.165, 1.54) is 12.1 Å². The highest BCUT2D eigenvalue weighted by molar-refractivity contribution is 5.48. The van der Waals surface area contributed by atoms with E-state index in [9.17, 15) is 17.6 Å². The molecule has 16 heavy (non-hydrogen) atoms. The Morgan fingerprint density at radius 2 is 1.94 bits per heavy atom. The molecule has 0 aliphatic heterocycles. The van der Waals surface area contributed by atoms with Crippen LogP contribution in [0.15, 0.2) is 18.2 Å². The van der Waals surface area contributed by atoms with Crippen LogP contribution >= 0.6 is 0 Å². The smallest absolute Gasteiger partial charge is 0.392 e. The van der Waals surface area contributed by atoms with Crippen LogP contribution in [-0.4, -0.2) is 24.9 Å². The molecule has 90 valence electrons. The third kappa shape index (κ3) is 3.37. The van der Waals surface area contributed by atoms with Gasteiger partial charge in [-0.3, -0.25) is 0 Å². The van der Waals surface area contributed by atoms with E-state index in [2.05, 4.69) is 0 Å². The maximum atomic E-state index is 13.3. The molecule has 1 N–H and O–H groups in total. The zero-order valence-electron chi connectivity index (χ0n) is 8.55. The summed E-state index contributed by atoms with van der Waals surface area (Å²) in [7, 11) is 1.16. The number of hydrogen-bond donors (Lipinski definition) is 1. The Kier molecular flexibility index (Phi) is 3.74. The fraction of sp³-hybridized carbons (Fsp3) is 0.400. The second-order valence-electron chi connectivity index (χ2n) is 3.42. The van der Waals surface area contributed by atoms with Crippen molar-refractivity contribution in [1.82, 2.24) is 0 Å². The number of rotatable bonds is 3. The van der Waals surface area contributed by atoms with Crippen LogP contribution in [0.2, 0.25) is 0 Å². The molecule has 0 saturated heterocycles. The Balaban J connectivity index is 2.88. The molecule has 1 aromatic carbocycles. The highest BCUT2D eigenvalue weighted by Gasteiger charge is 2.30. The number of hydrogen-bond acceptors (Lipinski definition) is 2. The molecule has 0 aliphatic carbocycles. The predicted octanol–water partition coefficient (Wildman–Crippen LogP) is 2.32. The summed E-state index contributed by atoms with van der Waals surface area (Å²) in [6, 6.07) is 3.61. The second-order valence-corrected chi connectivity index (χ2v) is 3.42. The normalized spacial score (nSPS) is 11.6. The monoisotopic (exact) mass is 237 g/mol. The lowest BCUT2D eigenvalue weighted by molar-refractivity contribution is -0.119. The molecule has 0 amide bonds. The summed E-state index contributed by atoms with van der Waals surface area (Å²) in [4.78, 5) is 0.774. The van der Waals surface area contributed by atoms with Crippen LogP contribution in [0.1, 0.15) is 5.56 Å². The first kappa shape index (κ1) is 12.8. The number of aliphatic hydroxyl groups excluding tert-OH is 1. The van der Waals surface area contributed by atoms with Crippen molar-refractivity contribution in [3.63, 3.8) is 0 Å². The summed E-state index contributed by atoms with van der Waals surface area (Å²) in [6.07, 6.45) is -4.38. The molecule has 0 atom stereocenters. The molecule has 0 radical (unpaired) electrons. The minimum atomic E-state index is -4.38. The molecule has 0 aromatic heterocycles. The van der Waals surface area contributed by atoms with Crippen LogP contribution in [0.3, 0.4) is 0 Å². The van der Waals surface area contributed by atoms with Gasteiger partial charge in [0.05, 0.1) is 12.3 Å². The van der Waals surface area contributed by atoms with E-state index in [0.29, 0.717) is 5.56 Å². The third-order valence-electron chi connectivity index (χ3n) is 2.02. The Labute approximate surface area is 90.1 Å². The highest BCUT2D eigenvalue weighted by Crippen LogP contribution is 2.23. The van der Waals surface area contributed by atoms with Crippen LogP contribution < -0.4 is 4.90 Å². The van der Waals surface area contributed by atoms with Gasteiger partial charge in [-0.05, 0) is 17.7 Å². The number of nitrogens with zero attached hydrogens (tertiary/aromatic N) is 1. The van der Waals surface area contributed by atoms with Gasteiger partial charge in [-0.25, -0.2) is 4.39 Å². The lowest BCUT2D eigenvalue weighted by atomic mass is 10.2. The van der Waals surface area contributed by atoms with E-state index in [1.54, 1.807) is 0 Å². The number of anilines is 1. The van der Waals surface area contributed by atoms with Gasteiger partial charge in [0.15, 0.2) is 0 Å². The van der Waals surface area contributed by atoms with Gasteiger partial charge < -0.3 is 10.0 Å². The molecular formula is C10H11F4NO. The van der Waals surface area contributed by atoms with Gasteiger partial charge in [-0.2, -0.15) is 13.2 Å². The van der Waals surface area contributed by atoms with E-state index >= 15 is 0 Å². The van der Waals surface area contributed by atoms with Crippen LogP contribution in [0, 0.1) is 5.82 Å². The molecule has 0 heterocycles. The quantitative estimate of drug-likeness (QED) is 0.815. The molecule has 1 aromatic rings. The summed E-state index contributed by atoms with van der Waals surface area (Å²) in [6.45, 7) is -1.57. The molecule has 0 bridgehead atoms. The minimum absolute atomic E-state index is 0.144. The molecular weight excluding hydrogens is 226 g/mol. The number of halogens is 4. The molecule has 0 aliphatic rings. The van der Waals surface area contributed by atoms with Crippen molar-refractivity contribution in [3.05, 3.63) is 29.6 Å². The fourth-order valence-electron chi connectivity index (χ4n) is 1.31. The van der Waals surface area contributed by atoms with Crippen LogP contribution in [0.4, 0.5) is 23.2 Å². The number of alkyl halides is 3. The molecule has 0 unspecified atom stereocenters. The number of benzene rings is 1.